The van der Waals surface area contributed by atoms with Crippen LogP contribution in [0.1, 0.15) is 58.8 Å². The van der Waals surface area contributed by atoms with Gasteiger partial charge in [0.1, 0.15) is 0 Å². The highest BCUT2D eigenvalue weighted by Crippen LogP contribution is 2.34. The van der Waals surface area contributed by atoms with Gasteiger partial charge in [0.2, 0.25) is 0 Å². The van der Waals surface area contributed by atoms with Crippen molar-refractivity contribution in [1.82, 2.24) is 5.32 Å². The predicted molar refractivity (Wildman–Crippen MR) is 67.4 cm³/mol. The minimum absolute atomic E-state index is 0.0744. The summed E-state index contributed by atoms with van der Waals surface area (Å²) in [5.74, 6) is 1.72. The summed E-state index contributed by atoms with van der Waals surface area (Å²) in [5, 5.41) is 13.4. The second kappa shape index (κ2) is 5.05. The van der Waals surface area contributed by atoms with Gasteiger partial charge < -0.3 is 10.4 Å². The molecule has 2 heteroatoms. The van der Waals surface area contributed by atoms with E-state index in [0.29, 0.717) is 12.6 Å². The average molecular weight is 225 g/mol. The molecule has 0 bridgehead atoms. The van der Waals surface area contributed by atoms with Gasteiger partial charge in [0, 0.05) is 11.6 Å². The van der Waals surface area contributed by atoms with E-state index in [2.05, 4.69) is 19.2 Å². The number of rotatable bonds is 3. The summed E-state index contributed by atoms with van der Waals surface area (Å²) in [6.45, 7) is 5.07. The molecular weight excluding hydrogens is 198 g/mol. The smallest absolute Gasteiger partial charge is 0.0613 e. The third kappa shape index (κ3) is 2.60. The van der Waals surface area contributed by atoms with Crippen LogP contribution in [0.2, 0.25) is 0 Å². The molecule has 0 aromatic carbocycles. The molecule has 2 nitrogen and oxygen atoms in total. The Morgan fingerprint density at radius 1 is 1.12 bits per heavy atom. The van der Waals surface area contributed by atoms with Gasteiger partial charge in [-0.15, -0.1) is 0 Å². The Labute approximate surface area is 99.8 Å². The van der Waals surface area contributed by atoms with Crippen LogP contribution in [0.4, 0.5) is 0 Å². The molecule has 94 valence electrons. The van der Waals surface area contributed by atoms with Crippen molar-refractivity contribution in [3.63, 3.8) is 0 Å². The monoisotopic (exact) mass is 225 g/mol. The molecule has 16 heavy (non-hydrogen) atoms. The molecule has 2 saturated carbocycles. The molecule has 2 aliphatic carbocycles. The lowest BCUT2D eigenvalue weighted by Crippen LogP contribution is -2.52. The molecule has 0 saturated heterocycles. The molecule has 0 radical (unpaired) electrons. The molecular formula is C14H27NO. The van der Waals surface area contributed by atoms with Crippen LogP contribution in [0.5, 0.6) is 0 Å². The highest BCUT2D eigenvalue weighted by Gasteiger charge is 2.36. The first-order valence-electron chi connectivity index (χ1n) is 7.04. The quantitative estimate of drug-likeness (QED) is 0.774. The Balaban J connectivity index is 1.89. The van der Waals surface area contributed by atoms with Crippen molar-refractivity contribution in [2.75, 3.05) is 6.61 Å². The third-order valence-electron chi connectivity index (χ3n) is 4.97. The highest BCUT2D eigenvalue weighted by atomic mass is 16.3. The van der Waals surface area contributed by atoms with Gasteiger partial charge in [0.25, 0.3) is 0 Å². The molecule has 2 aliphatic rings. The number of aliphatic hydroxyl groups excluding tert-OH is 1. The summed E-state index contributed by atoms with van der Waals surface area (Å²) in [4.78, 5) is 0. The molecule has 0 aromatic rings. The van der Waals surface area contributed by atoms with E-state index in [1.54, 1.807) is 0 Å². The number of aliphatic hydroxyl groups is 1. The van der Waals surface area contributed by atoms with E-state index in [1.807, 2.05) is 0 Å². The van der Waals surface area contributed by atoms with E-state index in [1.165, 1.54) is 44.9 Å². The van der Waals surface area contributed by atoms with Gasteiger partial charge in [-0.1, -0.05) is 26.7 Å². The normalized spacial score (nSPS) is 38.8. The van der Waals surface area contributed by atoms with Gasteiger partial charge in [0.15, 0.2) is 0 Å². The van der Waals surface area contributed by atoms with E-state index in [9.17, 15) is 5.11 Å². The molecule has 3 atom stereocenters. The van der Waals surface area contributed by atoms with Crippen molar-refractivity contribution >= 4 is 0 Å². The van der Waals surface area contributed by atoms with Gasteiger partial charge in [-0.25, -0.2) is 0 Å². The third-order valence-corrected chi connectivity index (χ3v) is 4.97. The number of hydrogen-bond acceptors (Lipinski definition) is 2. The van der Waals surface area contributed by atoms with Crippen molar-refractivity contribution in [1.29, 1.82) is 0 Å². The molecule has 0 heterocycles. The highest BCUT2D eigenvalue weighted by molar-refractivity contribution is 4.95. The summed E-state index contributed by atoms with van der Waals surface area (Å²) in [6.07, 6.45) is 8.85. The van der Waals surface area contributed by atoms with Gasteiger partial charge in [0.05, 0.1) is 6.61 Å². The van der Waals surface area contributed by atoms with Gasteiger partial charge in [-0.3, -0.25) is 0 Å². The van der Waals surface area contributed by atoms with Crippen LogP contribution < -0.4 is 5.32 Å². The average Bonchev–Trinajstić information content (AvgIpc) is 2.73. The van der Waals surface area contributed by atoms with Crippen LogP contribution in [0.3, 0.4) is 0 Å². The lowest BCUT2D eigenvalue weighted by molar-refractivity contribution is 0.123. The van der Waals surface area contributed by atoms with E-state index < -0.39 is 0 Å². The molecule has 2 rings (SSSR count). The summed E-state index contributed by atoms with van der Waals surface area (Å²) in [6, 6.07) is 0.649. The van der Waals surface area contributed by atoms with Crippen molar-refractivity contribution < 1.29 is 5.11 Å². The Morgan fingerprint density at radius 3 is 2.38 bits per heavy atom. The predicted octanol–water partition coefficient (Wildman–Crippen LogP) is 2.71. The zero-order valence-corrected chi connectivity index (χ0v) is 10.8. The fraction of sp³-hybridized carbons (Fsp3) is 1.00. The largest absolute Gasteiger partial charge is 0.394 e. The van der Waals surface area contributed by atoms with Crippen LogP contribution >= 0.6 is 0 Å². The fourth-order valence-corrected chi connectivity index (χ4v) is 3.51. The van der Waals surface area contributed by atoms with Crippen LogP contribution in [0, 0.1) is 11.8 Å². The Morgan fingerprint density at radius 2 is 1.81 bits per heavy atom. The van der Waals surface area contributed by atoms with E-state index in [-0.39, 0.29) is 5.54 Å². The molecule has 3 unspecified atom stereocenters. The first-order chi connectivity index (χ1) is 7.65. The zero-order chi connectivity index (χ0) is 11.6. The molecule has 0 amide bonds. The van der Waals surface area contributed by atoms with Crippen LogP contribution in [0.25, 0.3) is 0 Å². The standard InChI is InChI=1S/C14H27NO/c1-11-5-6-13(9-12(11)2)15-14(10-16)7-3-4-8-14/h11-13,15-16H,3-10H2,1-2H3. The van der Waals surface area contributed by atoms with Crippen LogP contribution in [-0.2, 0) is 0 Å². The first-order valence-corrected chi connectivity index (χ1v) is 7.04. The topological polar surface area (TPSA) is 32.3 Å². The van der Waals surface area contributed by atoms with E-state index in [4.69, 9.17) is 0 Å². The summed E-state index contributed by atoms with van der Waals surface area (Å²) < 4.78 is 0. The van der Waals surface area contributed by atoms with Crippen molar-refractivity contribution in [2.45, 2.75) is 70.4 Å². The van der Waals surface area contributed by atoms with Crippen molar-refractivity contribution in [3.05, 3.63) is 0 Å². The molecule has 2 N–H and O–H groups in total. The Bertz CT molecular complexity index is 223. The zero-order valence-electron chi connectivity index (χ0n) is 10.8. The molecule has 0 aliphatic heterocycles. The van der Waals surface area contributed by atoms with E-state index >= 15 is 0 Å². The molecule has 0 spiro atoms. The Hall–Kier alpha value is -0.0800. The van der Waals surface area contributed by atoms with Crippen LogP contribution in [-0.4, -0.2) is 23.3 Å². The van der Waals surface area contributed by atoms with Crippen molar-refractivity contribution in [2.24, 2.45) is 11.8 Å². The SMILES string of the molecule is CC1CCC(NC2(CO)CCCC2)CC1C. The van der Waals surface area contributed by atoms with Crippen LogP contribution in [0.15, 0.2) is 0 Å². The summed E-state index contributed by atoms with van der Waals surface area (Å²) in [5.41, 5.74) is 0.0744. The lowest BCUT2D eigenvalue weighted by atomic mass is 9.78. The van der Waals surface area contributed by atoms with Crippen molar-refractivity contribution in [3.8, 4) is 0 Å². The summed E-state index contributed by atoms with van der Waals surface area (Å²) >= 11 is 0. The number of hydrogen-bond donors (Lipinski definition) is 2. The maximum atomic E-state index is 9.60. The molecule has 2 fully saturated rings. The minimum atomic E-state index is 0.0744. The molecule has 0 aromatic heterocycles. The van der Waals surface area contributed by atoms with Gasteiger partial charge in [-0.2, -0.15) is 0 Å². The lowest BCUT2D eigenvalue weighted by Gasteiger charge is -2.39. The maximum Gasteiger partial charge on any atom is 0.0613 e. The Kier molecular flexibility index (Phi) is 3.91. The minimum Gasteiger partial charge on any atom is -0.394 e. The first kappa shape index (κ1) is 12.4. The van der Waals surface area contributed by atoms with Gasteiger partial charge in [-0.05, 0) is 43.9 Å². The second-order valence-electron chi connectivity index (χ2n) is 6.25. The summed E-state index contributed by atoms with van der Waals surface area (Å²) in [7, 11) is 0. The number of nitrogens with one attached hydrogen (secondary N) is 1. The maximum absolute atomic E-state index is 9.60. The van der Waals surface area contributed by atoms with Gasteiger partial charge >= 0.3 is 0 Å². The fourth-order valence-electron chi connectivity index (χ4n) is 3.51. The van der Waals surface area contributed by atoms with E-state index in [0.717, 1.165) is 11.8 Å². The second-order valence-corrected chi connectivity index (χ2v) is 6.25.